The van der Waals surface area contributed by atoms with Crippen LogP contribution in [0.15, 0.2) is 206 Å². The molecule has 0 aliphatic carbocycles. The third-order valence-corrected chi connectivity index (χ3v) is 13.5. The smallest absolute Gasteiger partial charge is 0.872 e. The number of aryl methyl sites for hydroxylation is 6. The van der Waals surface area contributed by atoms with Crippen LogP contribution < -0.4 is 10.2 Å². The van der Waals surface area contributed by atoms with Gasteiger partial charge >= 0.3 is 33.0 Å². The minimum atomic E-state index is -0.516. The van der Waals surface area contributed by atoms with Crippen molar-refractivity contribution in [1.29, 1.82) is 0 Å². The summed E-state index contributed by atoms with van der Waals surface area (Å²) in [5.74, 6) is -0.117. The molecule has 0 aliphatic heterocycles. The summed E-state index contributed by atoms with van der Waals surface area (Å²) in [6.07, 6.45) is 0. The predicted octanol–water partition coefficient (Wildman–Crippen LogP) is 10.4. The van der Waals surface area contributed by atoms with E-state index in [1.54, 1.807) is 24.3 Å². The molecular weight excluding hydrogens is 1060 g/mol. The molecule has 14 nitrogen and oxygen atoms in total. The molecule has 78 heavy (non-hydrogen) atoms. The van der Waals surface area contributed by atoms with Gasteiger partial charge in [-0.25, -0.2) is 30.6 Å². The predicted molar refractivity (Wildman–Crippen MR) is 297 cm³/mol. The number of hydrogen-bond acceptors (Lipinski definition) is 8. The molecule has 0 N–H and O–H groups in total. The molecule has 0 fully saturated rings. The van der Waals surface area contributed by atoms with Crippen molar-refractivity contribution in [2.45, 2.75) is 41.5 Å². The van der Waals surface area contributed by atoms with Gasteiger partial charge in [-0.3, -0.25) is 0 Å². The Bertz CT molecular complexity index is 3540. The molecular formula is C60H52B2N12Ni2O2. The number of para-hydroxylation sites is 2. The van der Waals surface area contributed by atoms with E-state index < -0.39 is 14.2 Å². The topological polar surface area (TPSA) is 153 Å². The van der Waals surface area contributed by atoms with Crippen molar-refractivity contribution in [3.8, 4) is 79.0 Å². The molecule has 12 rings (SSSR count). The second kappa shape index (κ2) is 23.3. The van der Waals surface area contributed by atoms with Crippen LogP contribution in [0.3, 0.4) is 0 Å². The van der Waals surface area contributed by atoms with Gasteiger partial charge < -0.3 is 37.8 Å². The number of aromatic nitrogens is 12. The van der Waals surface area contributed by atoms with Crippen molar-refractivity contribution in [3.05, 3.63) is 240 Å². The molecule has 0 saturated heterocycles. The maximum Gasteiger partial charge on any atom is 2.00 e. The van der Waals surface area contributed by atoms with Crippen LogP contribution >= 0.6 is 0 Å². The first kappa shape index (κ1) is 54.1. The Morgan fingerprint density at radius 3 is 0.692 bits per heavy atom. The molecule has 6 aromatic heterocycles. The third-order valence-electron chi connectivity index (χ3n) is 13.5. The van der Waals surface area contributed by atoms with Gasteiger partial charge in [0.2, 0.25) is 0 Å². The van der Waals surface area contributed by atoms with Gasteiger partial charge in [-0.15, -0.1) is 0 Å². The second-order valence-corrected chi connectivity index (χ2v) is 18.8. The van der Waals surface area contributed by atoms with E-state index in [0.717, 1.165) is 79.2 Å². The monoisotopic (exact) mass is 1110 g/mol. The van der Waals surface area contributed by atoms with Crippen LogP contribution in [0.1, 0.15) is 34.2 Å². The minimum Gasteiger partial charge on any atom is -0.872 e. The Kier molecular flexibility index (Phi) is 16.1. The molecule has 6 heterocycles. The molecule has 0 aliphatic rings. The quantitative estimate of drug-likeness (QED) is 0.110. The van der Waals surface area contributed by atoms with E-state index in [-0.39, 0.29) is 44.5 Å². The van der Waals surface area contributed by atoms with Crippen LogP contribution in [0.25, 0.3) is 67.5 Å². The molecule has 0 atom stereocenters. The Morgan fingerprint density at radius 2 is 0.462 bits per heavy atom. The first-order valence-corrected chi connectivity index (χ1v) is 25.1. The number of hydrogen-bond donors (Lipinski definition) is 0. The number of rotatable bonds is 12. The van der Waals surface area contributed by atoms with Gasteiger partial charge in [0.15, 0.2) is 0 Å². The van der Waals surface area contributed by atoms with Gasteiger partial charge in [-0.2, -0.15) is 0 Å². The van der Waals surface area contributed by atoms with E-state index in [1.807, 2.05) is 178 Å². The Balaban J connectivity index is 0.000000185. The van der Waals surface area contributed by atoms with Crippen LogP contribution in [0.2, 0.25) is 0 Å². The van der Waals surface area contributed by atoms with Crippen molar-refractivity contribution in [1.82, 2.24) is 58.1 Å². The molecule has 6 aromatic carbocycles. The number of benzene rings is 6. The molecule has 0 spiro atoms. The van der Waals surface area contributed by atoms with Gasteiger partial charge in [0, 0.05) is 22.3 Å². The van der Waals surface area contributed by atoms with Crippen molar-refractivity contribution in [3.63, 3.8) is 0 Å². The molecule has 0 saturated carbocycles. The van der Waals surface area contributed by atoms with E-state index in [1.165, 1.54) is 0 Å². The average molecular weight is 1110 g/mol. The molecule has 12 aromatic rings. The maximum atomic E-state index is 12.6. The van der Waals surface area contributed by atoms with Gasteiger partial charge in [-0.1, -0.05) is 181 Å². The fraction of sp³-hybridized carbons (Fsp3) is 0.100. The van der Waals surface area contributed by atoms with Crippen LogP contribution in [0.4, 0.5) is 0 Å². The molecule has 0 amide bonds. The zero-order valence-electron chi connectivity index (χ0n) is 43.6. The van der Waals surface area contributed by atoms with E-state index in [0.29, 0.717) is 22.5 Å². The first-order valence-electron chi connectivity index (χ1n) is 25.1. The van der Waals surface area contributed by atoms with Crippen molar-refractivity contribution >= 4 is 14.2 Å². The SMILES string of the molecule is Cc1cc(-c2ccccc2)nn1[B-](n1nc(-c2ccccc2)cc1C)n1nc(-c2ccccc2[O-])cc1C.Cc1cc(-c2ccccc2)nn1[B-](n1nc(-c2ccccc2)cc1C)n1nc(-c2ccccc2[O-])cc1C.[Ni+2].[Ni+2]. The summed E-state index contributed by atoms with van der Waals surface area (Å²) >= 11 is 0. The third kappa shape index (κ3) is 10.8. The Morgan fingerprint density at radius 1 is 0.269 bits per heavy atom. The number of nitrogens with zero attached hydrogens (tertiary/aromatic N) is 12. The summed E-state index contributed by atoms with van der Waals surface area (Å²) in [5, 5.41) is 55.2. The zero-order valence-corrected chi connectivity index (χ0v) is 45.6. The Hall–Kier alpha value is -8.70. The minimum absolute atomic E-state index is 0. The van der Waals surface area contributed by atoms with Crippen LogP contribution in [-0.4, -0.2) is 72.4 Å². The molecule has 0 unspecified atom stereocenters. The fourth-order valence-corrected chi connectivity index (χ4v) is 9.57. The van der Waals surface area contributed by atoms with E-state index >= 15 is 0 Å². The largest absolute Gasteiger partial charge is 2.00 e. The average Bonchev–Trinajstić information content (AvgIpc) is 4.53. The Labute approximate surface area is 473 Å². The maximum absolute atomic E-state index is 12.6. The molecule has 0 bridgehead atoms. The summed E-state index contributed by atoms with van der Waals surface area (Å²) in [6, 6.07) is 66.6. The molecule has 18 heteroatoms. The van der Waals surface area contributed by atoms with Gasteiger partial charge in [0.1, 0.15) is 0 Å². The van der Waals surface area contributed by atoms with Gasteiger partial charge in [0.05, 0.1) is 34.2 Å². The summed E-state index contributed by atoms with van der Waals surface area (Å²) in [4.78, 5) is 0. The fourth-order valence-electron chi connectivity index (χ4n) is 9.57. The van der Waals surface area contributed by atoms with E-state index in [4.69, 9.17) is 30.6 Å². The zero-order chi connectivity index (χ0) is 52.5. The first-order chi connectivity index (χ1) is 37.0. The van der Waals surface area contributed by atoms with Crippen LogP contribution in [0, 0.1) is 41.5 Å². The van der Waals surface area contributed by atoms with Gasteiger partial charge in [-0.05, 0) is 123 Å². The summed E-state index contributed by atoms with van der Waals surface area (Å²) in [7, 11) is -1.03. The summed E-state index contributed by atoms with van der Waals surface area (Å²) in [5.41, 5.74) is 15.6. The standard InChI is InChI=1S/2C30H27BN6O.2Ni/c2*1-21-18-27(24-12-6-4-7-13-24)32-35(21)31(36-22(2)19-28(33-36)25-14-8-5-9-15-25)37-23(3)20-29(34-37)26-16-10-11-17-30(26)38;;/h2*4-20,38H,1-3H3;;/q2*-1;2*+2/p-2. The van der Waals surface area contributed by atoms with Crippen LogP contribution in [-0.2, 0) is 33.0 Å². The molecule has 2 radical (unpaired) electrons. The van der Waals surface area contributed by atoms with Gasteiger partial charge in [0.25, 0.3) is 14.2 Å². The van der Waals surface area contributed by atoms with Crippen molar-refractivity contribution in [2.75, 3.05) is 0 Å². The summed E-state index contributed by atoms with van der Waals surface area (Å²) in [6.45, 7) is 12.1. The van der Waals surface area contributed by atoms with Crippen molar-refractivity contribution < 1.29 is 43.2 Å². The molecule has 390 valence electrons. The van der Waals surface area contributed by atoms with E-state index in [9.17, 15) is 10.2 Å². The summed E-state index contributed by atoms with van der Waals surface area (Å²) < 4.78 is 11.6. The normalized spacial score (nSPS) is 11.1. The van der Waals surface area contributed by atoms with E-state index in [2.05, 4.69) is 72.8 Å². The van der Waals surface area contributed by atoms with Crippen LogP contribution in [0.5, 0.6) is 11.5 Å². The second-order valence-electron chi connectivity index (χ2n) is 18.8. The van der Waals surface area contributed by atoms with Crippen molar-refractivity contribution in [2.24, 2.45) is 0 Å².